The average Bonchev–Trinajstić information content (AvgIpc) is 3.56. The average molecular weight is 1150 g/mol. The molecule has 29 heteroatoms. The minimum absolute atomic E-state index is 0.0151. The van der Waals surface area contributed by atoms with Crippen LogP contribution in [0.4, 0.5) is 16.2 Å². The lowest BCUT2D eigenvalue weighted by Gasteiger charge is -2.37. The van der Waals surface area contributed by atoms with Gasteiger partial charge in [-0.1, -0.05) is 30.7 Å². The lowest BCUT2D eigenvalue weighted by molar-refractivity contribution is -0.385. The number of carbonyl (C=O) groups excluding carboxylic acids is 6. The van der Waals surface area contributed by atoms with Crippen molar-refractivity contribution >= 4 is 55.1 Å². The SMILES string of the molecule is COCCOC(=O)C1=C(C)N(C(=O)OCOC(=O)[C@@H](N)CCCCN)C(C)=C(C(=O)OC(C)CCOCCOC(=O)C2=C(C)N(COP(=O)(O)O)C(C)=C(C(=O)OC(C)C)C2c2cccc([N+](=O)[O-])c2)C1c1cccc([N+](=O)[O-])c1. The highest BCUT2D eigenvalue weighted by Crippen LogP contribution is 2.46. The number of carbonyl (C=O) groups is 6. The maximum absolute atomic E-state index is 14.5. The summed E-state index contributed by atoms with van der Waals surface area (Å²) in [6.07, 6.45) is -1.51. The van der Waals surface area contributed by atoms with E-state index < -0.39 is 110 Å². The van der Waals surface area contributed by atoms with Crippen molar-refractivity contribution < 1.29 is 95.4 Å². The van der Waals surface area contributed by atoms with Crippen LogP contribution in [-0.2, 0) is 71.0 Å². The Hall–Kier alpha value is -7.43. The molecule has 2 heterocycles. The Morgan fingerprint density at radius 3 is 1.68 bits per heavy atom. The number of nitrogens with zero attached hydrogens (tertiary/aromatic N) is 4. The summed E-state index contributed by atoms with van der Waals surface area (Å²) in [5, 5.41) is 23.9. The van der Waals surface area contributed by atoms with E-state index >= 15 is 0 Å². The number of benzene rings is 2. The van der Waals surface area contributed by atoms with Gasteiger partial charge in [-0.2, -0.15) is 0 Å². The van der Waals surface area contributed by atoms with Gasteiger partial charge in [-0.15, -0.1) is 0 Å². The van der Waals surface area contributed by atoms with Crippen molar-refractivity contribution in [3.8, 4) is 0 Å². The fraction of sp³-hybridized carbons (Fsp3) is 0.490. The summed E-state index contributed by atoms with van der Waals surface area (Å²) < 4.78 is 60.2. The van der Waals surface area contributed by atoms with Crippen molar-refractivity contribution in [1.82, 2.24) is 9.80 Å². The van der Waals surface area contributed by atoms with Gasteiger partial charge in [-0.3, -0.25) is 34.4 Å². The van der Waals surface area contributed by atoms with Gasteiger partial charge in [0.2, 0.25) is 6.79 Å². The van der Waals surface area contributed by atoms with Crippen molar-refractivity contribution in [3.05, 3.63) is 125 Å². The molecule has 0 bridgehead atoms. The number of rotatable bonds is 29. The molecule has 1 amide bonds. The van der Waals surface area contributed by atoms with E-state index in [2.05, 4.69) is 0 Å². The number of phosphoric acid groups is 1. The third-order valence-corrected chi connectivity index (χ3v) is 12.8. The Labute approximate surface area is 460 Å². The van der Waals surface area contributed by atoms with Crippen LogP contribution in [-0.4, -0.2) is 144 Å². The number of hydrogen-bond donors (Lipinski definition) is 4. The van der Waals surface area contributed by atoms with Crippen LogP contribution in [0.5, 0.6) is 0 Å². The third kappa shape index (κ3) is 17.5. The highest BCUT2D eigenvalue weighted by Gasteiger charge is 2.45. The Morgan fingerprint density at radius 1 is 0.675 bits per heavy atom. The van der Waals surface area contributed by atoms with Gasteiger partial charge in [-0.05, 0) is 79.0 Å². The standard InChI is InChI=1S/C51H67N6O22P/c1-29(2)78-49(61)41-32(5)54(27-77-80(68,69)70)31(4)40(44(41)35-13-11-15-37(25-35)56(64)65)47(59)74-24-22-72-20-18-30(3)79-50(62)43-34(7)55(51(63)76-28-75-46(58)39(53)17-9-10-19-52)33(6)42(48(60)73-23-21-71-8)45(43)36-14-12-16-38(26-36)57(66)67/h11-16,25-26,29-30,39,44-45H,9-10,17-24,27-28,52-53H2,1-8H3,(H2,68,69,70)/t30?,39-,44?,45?/m0/s1. The molecule has 3 unspecified atom stereocenters. The first-order chi connectivity index (χ1) is 37.8. The molecule has 2 aliphatic rings. The lowest BCUT2D eigenvalue weighted by Crippen LogP contribution is -2.40. The number of nitro groups is 2. The molecule has 438 valence electrons. The molecule has 0 spiro atoms. The van der Waals surface area contributed by atoms with Crippen LogP contribution < -0.4 is 11.5 Å². The monoisotopic (exact) mass is 1150 g/mol. The summed E-state index contributed by atoms with van der Waals surface area (Å²) in [5.74, 6) is -7.78. The van der Waals surface area contributed by atoms with Crippen LogP contribution in [0.1, 0.15) is 97.1 Å². The van der Waals surface area contributed by atoms with Gasteiger partial charge in [0, 0.05) is 60.6 Å². The summed E-state index contributed by atoms with van der Waals surface area (Å²) >= 11 is 0. The van der Waals surface area contributed by atoms with E-state index in [0.29, 0.717) is 19.4 Å². The maximum atomic E-state index is 14.5. The number of nitro benzene ring substituents is 2. The first-order valence-electron chi connectivity index (χ1n) is 25.0. The molecule has 2 aromatic carbocycles. The lowest BCUT2D eigenvalue weighted by atomic mass is 9.79. The molecule has 0 radical (unpaired) electrons. The number of non-ortho nitro benzene ring substituents is 2. The van der Waals surface area contributed by atoms with E-state index in [9.17, 15) is 63.3 Å². The Kier molecular flexibility index (Phi) is 24.6. The first kappa shape index (κ1) is 65.1. The predicted molar refractivity (Wildman–Crippen MR) is 278 cm³/mol. The number of ether oxygens (including phenoxy) is 8. The summed E-state index contributed by atoms with van der Waals surface area (Å²) in [5.41, 5.74) is 9.55. The Balaban J connectivity index is 1.59. The second kappa shape index (κ2) is 30.2. The van der Waals surface area contributed by atoms with Crippen molar-refractivity contribution in [2.45, 2.75) is 104 Å². The number of amides is 1. The van der Waals surface area contributed by atoms with Crippen molar-refractivity contribution in [2.75, 3.05) is 60.2 Å². The topological polar surface area (TPSA) is 388 Å². The van der Waals surface area contributed by atoms with E-state index in [0.717, 1.165) is 21.9 Å². The van der Waals surface area contributed by atoms with Crippen molar-refractivity contribution in [3.63, 3.8) is 0 Å². The van der Waals surface area contributed by atoms with Crippen LogP contribution in [0.15, 0.2) is 93.6 Å². The molecule has 28 nitrogen and oxygen atoms in total. The summed E-state index contributed by atoms with van der Waals surface area (Å²) in [6, 6.07) is 9.21. The van der Waals surface area contributed by atoms with Crippen LogP contribution in [0.25, 0.3) is 0 Å². The number of esters is 5. The smallest absolute Gasteiger partial charge is 0.460 e. The molecule has 0 saturated carbocycles. The van der Waals surface area contributed by atoms with Crippen molar-refractivity contribution in [1.29, 1.82) is 0 Å². The quantitative estimate of drug-likeness (QED) is 0.0153. The fourth-order valence-electron chi connectivity index (χ4n) is 8.56. The summed E-state index contributed by atoms with van der Waals surface area (Å²) in [6.45, 7) is 7.58. The van der Waals surface area contributed by atoms with Crippen LogP contribution >= 0.6 is 7.82 Å². The molecule has 0 aliphatic carbocycles. The molecule has 4 rings (SSSR count). The molecule has 0 aromatic heterocycles. The Bertz CT molecular complexity index is 2820. The number of nitrogens with two attached hydrogens (primary N) is 2. The molecule has 2 aliphatic heterocycles. The van der Waals surface area contributed by atoms with Gasteiger partial charge in [0.05, 0.1) is 69.9 Å². The van der Waals surface area contributed by atoms with Crippen LogP contribution in [0.3, 0.4) is 0 Å². The number of unbranched alkanes of at least 4 members (excludes halogenated alkanes) is 1. The number of phosphoric ester groups is 1. The third-order valence-electron chi connectivity index (χ3n) is 12.4. The van der Waals surface area contributed by atoms with Crippen LogP contribution in [0.2, 0.25) is 0 Å². The van der Waals surface area contributed by atoms with E-state index in [-0.39, 0.29) is 101 Å². The zero-order valence-corrected chi connectivity index (χ0v) is 46.3. The van der Waals surface area contributed by atoms with Gasteiger partial charge >= 0.3 is 43.8 Å². The second-order valence-corrected chi connectivity index (χ2v) is 19.5. The second-order valence-electron chi connectivity index (χ2n) is 18.3. The molecule has 0 fully saturated rings. The first-order valence-corrected chi connectivity index (χ1v) is 26.5. The number of hydrogen-bond acceptors (Lipinski definition) is 23. The van der Waals surface area contributed by atoms with Crippen LogP contribution in [0, 0.1) is 20.2 Å². The summed E-state index contributed by atoms with van der Waals surface area (Å²) in [7, 11) is -3.75. The van der Waals surface area contributed by atoms with Crippen molar-refractivity contribution in [2.24, 2.45) is 11.5 Å². The number of methoxy groups -OCH3 is 1. The molecule has 6 N–H and O–H groups in total. The number of allylic oxidation sites excluding steroid dienone is 4. The van der Waals surface area contributed by atoms with Gasteiger partial charge in [0.15, 0.2) is 0 Å². The minimum Gasteiger partial charge on any atom is -0.460 e. The minimum atomic E-state index is -5.11. The summed E-state index contributed by atoms with van der Waals surface area (Å²) in [4.78, 5) is 127. The Morgan fingerprint density at radius 2 is 1.18 bits per heavy atom. The van der Waals surface area contributed by atoms with E-state index in [1.165, 1.54) is 78.1 Å². The molecule has 4 atom stereocenters. The molecular weight excluding hydrogens is 1080 g/mol. The van der Waals surface area contributed by atoms with E-state index in [1.54, 1.807) is 13.8 Å². The molecule has 0 saturated heterocycles. The van der Waals surface area contributed by atoms with Gasteiger partial charge in [0.25, 0.3) is 11.4 Å². The fourth-order valence-corrected chi connectivity index (χ4v) is 8.83. The zero-order valence-electron chi connectivity index (χ0n) is 45.4. The van der Waals surface area contributed by atoms with E-state index in [4.69, 9.17) is 53.9 Å². The molecule has 2 aromatic rings. The molecule has 80 heavy (non-hydrogen) atoms. The van der Waals surface area contributed by atoms with E-state index in [1.807, 2.05) is 0 Å². The highest BCUT2D eigenvalue weighted by molar-refractivity contribution is 7.46. The van der Waals surface area contributed by atoms with Gasteiger partial charge in [0.1, 0.15) is 32.1 Å². The molecular formula is C51H67N6O22P. The van der Waals surface area contributed by atoms with Gasteiger partial charge in [-0.25, -0.2) is 28.5 Å². The zero-order chi connectivity index (χ0) is 59.6. The van der Waals surface area contributed by atoms with Gasteiger partial charge < -0.3 is 64.0 Å². The predicted octanol–water partition coefficient (Wildman–Crippen LogP) is 5.28. The largest absolute Gasteiger partial charge is 0.471 e. The highest BCUT2D eigenvalue weighted by atomic mass is 31.2. The maximum Gasteiger partial charge on any atom is 0.471 e. The normalized spacial score (nSPS) is 16.6.